The number of Topliss-reactive ketones (excluding diaryl/α,β-unsaturated/α-hetero) is 1. The Labute approximate surface area is 118 Å². The molecule has 2 rings (SSSR count). The first-order chi connectivity index (χ1) is 9.47. The van der Waals surface area contributed by atoms with Crippen molar-refractivity contribution in [1.29, 1.82) is 0 Å². The minimum absolute atomic E-state index is 0.0721. The van der Waals surface area contributed by atoms with E-state index in [4.69, 9.17) is 10.5 Å². The molecule has 0 amide bonds. The molecule has 1 aromatic carbocycles. The highest BCUT2D eigenvalue weighted by molar-refractivity contribution is 5.76. The van der Waals surface area contributed by atoms with Crippen LogP contribution >= 0.6 is 0 Å². The van der Waals surface area contributed by atoms with E-state index in [0.717, 1.165) is 11.4 Å². The summed E-state index contributed by atoms with van der Waals surface area (Å²) in [5.41, 5.74) is 7.43. The largest absolute Gasteiger partial charge is 0.489 e. The molecular weight excluding hydrogens is 254 g/mol. The number of hydrogen-bond donors (Lipinski definition) is 1. The second kappa shape index (κ2) is 5.77. The average Bonchev–Trinajstić information content (AvgIpc) is 2.78. The van der Waals surface area contributed by atoms with Gasteiger partial charge in [-0.25, -0.2) is 4.98 Å². The van der Waals surface area contributed by atoms with Crippen LogP contribution < -0.4 is 10.5 Å². The molecule has 0 atom stereocenters. The molecule has 0 bridgehead atoms. The maximum Gasteiger partial charge on any atom is 0.149 e. The van der Waals surface area contributed by atoms with Crippen molar-refractivity contribution in [3.05, 3.63) is 30.6 Å². The molecule has 0 aliphatic heterocycles. The van der Waals surface area contributed by atoms with E-state index in [1.807, 2.05) is 32.0 Å². The van der Waals surface area contributed by atoms with Gasteiger partial charge in [0.05, 0.1) is 18.3 Å². The summed E-state index contributed by atoms with van der Waals surface area (Å²) in [6, 6.07) is 5.54. The van der Waals surface area contributed by atoms with Crippen molar-refractivity contribution in [3.8, 4) is 17.1 Å². The summed E-state index contributed by atoms with van der Waals surface area (Å²) < 4.78 is 7.41. The van der Waals surface area contributed by atoms with E-state index in [9.17, 15) is 4.79 Å². The Morgan fingerprint density at radius 1 is 1.45 bits per heavy atom. The molecule has 0 radical (unpaired) electrons. The topological polar surface area (TPSA) is 70.1 Å². The van der Waals surface area contributed by atoms with Crippen LogP contribution in [0.3, 0.4) is 0 Å². The first-order valence-electron chi connectivity index (χ1n) is 6.54. The minimum atomic E-state index is 0.0721. The number of hydrogen-bond acceptors (Lipinski definition) is 4. The van der Waals surface area contributed by atoms with E-state index >= 15 is 0 Å². The second-order valence-corrected chi connectivity index (χ2v) is 5.00. The van der Waals surface area contributed by atoms with Gasteiger partial charge in [0.25, 0.3) is 0 Å². The maximum absolute atomic E-state index is 11.2. The minimum Gasteiger partial charge on any atom is -0.489 e. The van der Waals surface area contributed by atoms with Crippen LogP contribution in [-0.2, 0) is 11.3 Å². The van der Waals surface area contributed by atoms with Gasteiger partial charge in [-0.2, -0.15) is 0 Å². The van der Waals surface area contributed by atoms with Gasteiger partial charge in [0, 0.05) is 18.0 Å². The van der Waals surface area contributed by atoms with Gasteiger partial charge in [-0.3, -0.25) is 4.79 Å². The Balaban J connectivity index is 2.32. The molecule has 0 unspecified atom stereocenters. The number of imidazole rings is 1. The van der Waals surface area contributed by atoms with E-state index in [1.165, 1.54) is 0 Å². The molecule has 2 aromatic rings. The van der Waals surface area contributed by atoms with Gasteiger partial charge in [0.15, 0.2) is 0 Å². The van der Waals surface area contributed by atoms with Crippen molar-refractivity contribution in [2.24, 2.45) is 0 Å². The molecule has 106 valence electrons. The first-order valence-corrected chi connectivity index (χ1v) is 6.54. The number of carbonyl (C=O) groups is 1. The van der Waals surface area contributed by atoms with Gasteiger partial charge in [-0.1, -0.05) is 0 Å². The molecule has 20 heavy (non-hydrogen) atoms. The molecule has 0 saturated carbocycles. The van der Waals surface area contributed by atoms with E-state index in [-0.39, 0.29) is 11.9 Å². The lowest BCUT2D eigenvalue weighted by molar-refractivity contribution is -0.117. The van der Waals surface area contributed by atoms with Crippen LogP contribution in [0.2, 0.25) is 0 Å². The molecule has 5 nitrogen and oxygen atoms in total. The van der Waals surface area contributed by atoms with E-state index < -0.39 is 0 Å². The van der Waals surface area contributed by atoms with Gasteiger partial charge >= 0.3 is 0 Å². The van der Waals surface area contributed by atoms with Crippen molar-refractivity contribution in [3.63, 3.8) is 0 Å². The van der Waals surface area contributed by atoms with Crippen LogP contribution in [0.15, 0.2) is 30.6 Å². The van der Waals surface area contributed by atoms with Crippen LogP contribution in [-0.4, -0.2) is 21.4 Å². The molecule has 0 aliphatic rings. The van der Waals surface area contributed by atoms with Crippen LogP contribution in [0.1, 0.15) is 20.8 Å². The summed E-state index contributed by atoms with van der Waals surface area (Å²) in [5, 5.41) is 0. The molecule has 0 spiro atoms. The molecule has 5 heteroatoms. The Bertz CT molecular complexity index is 617. The van der Waals surface area contributed by atoms with Crippen molar-refractivity contribution in [2.45, 2.75) is 33.4 Å². The highest BCUT2D eigenvalue weighted by Gasteiger charge is 2.10. The summed E-state index contributed by atoms with van der Waals surface area (Å²) in [4.78, 5) is 15.5. The van der Waals surface area contributed by atoms with Crippen molar-refractivity contribution in [2.75, 3.05) is 5.73 Å². The number of nitrogens with two attached hydrogens (primary N) is 1. The lowest BCUT2D eigenvalue weighted by Crippen LogP contribution is -2.08. The van der Waals surface area contributed by atoms with Gasteiger partial charge < -0.3 is 15.0 Å². The number of ketones is 1. The fourth-order valence-electron chi connectivity index (χ4n) is 1.99. The predicted octanol–water partition coefficient (Wildman–Crippen LogP) is 2.51. The summed E-state index contributed by atoms with van der Waals surface area (Å²) >= 11 is 0. The van der Waals surface area contributed by atoms with Crippen LogP contribution in [0.4, 0.5) is 5.69 Å². The number of nitrogen functional groups attached to an aromatic ring is 1. The third kappa shape index (κ3) is 3.17. The van der Waals surface area contributed by atoms with Gasteiger partial charge in [-0.15, -0.1) is 0 Å². The lowest BCUT2D eigenvalue weighted by Gasteiger charge is -2.13. The fraction of sp³-hybridized carbons (Fsp3) is 0.333. The van der Waals surface area contributed by atoms with Crippen molar-refractivity contribution in [1.82, 2.24) is 9.55 Å². The Morgan fingerprint density at radius 2 is 2.20 bits per heavy atom. The lowest BCUT2D eigenvalue weighted by atomic mass is 10.1. The number of carbonyl (C=O) groups excluding carboxylic acids is 1. The number of anilines is 1. The van der Waals surface area contributed by atoms with E-state index in [1.54, 1.807) is 23.9 Å². The Kier molecular flexibility index (Phi) is 4.08. The number of nitrogens with zero attached hydrogens (tertiary/aromatic N) is 2. The van der Waals surface area contributed by atoms with Crippen molar-refractivity contribution < 1.29 is 9.53 Å². The predicted molar refractivity (Wildman–Crippen MR) is 78.5 cm³/mol. The maximum atomic E-state index is 11.2. The third-order valence-electron chi connectivity index (χ3n) is 2.74. The summed E-state index contributed by atoms with van der Waals surface area (Å²) in [6.07, 6.45) is 3.53. The van der Waals surface area contributed by atoms with Crippen LogP contribution in [0.5, 0.6) is 5.75 Å². The molecule has 1 aromatic heterocycles. The van der Waals surface area contributed by atoms with E-state index in [0.29, 0.717) is 18.0 Å². The van der Waals surface area contributed by atoms with E-state index in [2.05, 4.69) is 4.98 Å². The quantitative estimate of drug-likeness (QED) is 0.850. The zero-order valence-electron chi connectivity index (χ0n) is 12.0. The standard InChI is InChI=1S/C15H19N3O2/c1-10(2)20-14-5-4-12(8-13(14)16)15-17-6-7-18(15)9-11(3)19/h4-8,10H,9,16H2,1-3H3. The number of aromatic nitrogens is 2. The number of rotatable bonds is 5. The summed E-state index contributed by atoms with van der Waals surface area (Å²) in [7, 11) is 0. The molecular formula is C15H19N3O2. The zero-order valence-corrected chi connectivity index (χ0v) is 12.0. The van der Waals surface area contributed by atoms with Gasteiger partial charge in [0.1, 0.15) is 17.4 Å². The Morgan fingerprint density at radius 3 is 2.80 bits per heavy atom. The molecule has 1 heterocycles. The third-order valence-corrected chi connectivity index (χ3v) is 2.74. The second-order valence-electron chi connectivity index (χ2n) is 5.00. The van der Waals surface area contributed by atoms with Crippen LogP contribution in [0, 0.1) is 0 Å². The summed E-state index contributed by atoms with van der Waals surface area (Å²) in [6.45, 7) is 5.76. The zero-order chi connectivity index (χ0) is 14.7. The number of ether oxygens (including phenoxy) is 1. The molecule has 0 aliphatic carbocycles. The molecule has 0 fully saturated rings. The van der Waals surface area contributed by atoms with Gasteiger partial charge in [0.2, 0.25) is 0 Å². The van der Waals surface area contributed by atoms with Crippen LogP contribution in [0.25, 0.3) is 11.4 Å². The Hall–Kier alpha value is -2.30. The smallest absolute Gasteiger partial charge is 0.149 e. The highest BCUT2D eigenvalue weighted by Crippen LogP contribution is 2.28. The SMILES string of the molecule is CC(=O)Cn1ccnc1-c1ccc(OC(C)C)c(N)c1. The number of benzene rings is 1. The molecule has 2 N–H and O–H groups in total. The first kappa shape index (κ1) is 14.1. The highest BCUT2D eigenvalue weighted by atomic mass is 16.5. The van der Waals surface area contributed by atoms with Crippen molar-refractivity contribution >= 4 is 11.5 Å². The summed E-state index contributed by atoms with van der Waals surface area (Å²) in [5.74, 6) is 1.47. The van der Waals surface area contributed by atoms with Gasteiger partial charge in [-0.05, 0) is 39.0 Å². The normalized spacial score (nSPS) is 10.8. The fourth-order valence-corrected chi connectivity index (χ4v) is 1.99. The monoisotopic (exact) mass is 273 g/mol. The molecule has 0 saturated heterocycles. The average molecular weight is 273 g/mol.